The van der Waals surface area contributed by atoms with E-state index in [0.29, 0.717) is 42.0 Å². The van der Waals surface area contributed by atoms with Gasteiger partial charge in [0, 0.05) is 50.4 Å². The van der Waals surface area contributed by atoms with E-state index in [1.165, 1.54) is 12.4 Å². The summed E-state index contributed by atoms with van der Waals surface area (Å²) >= 11 is 0. The van der Waals surface area contributed by atoms with Crippen molar-refractivity contribution in [2.75, 3.05) is 67.5 Å². The zero-order valence-corrected chi connectivity index (χ0v) is 27.0. The molecule has 47 heavy (non-hydrogen) atoms. The molecule has 0 spiro atoms. The lowest BCUT2D eigenvalue weighted by molar-refractivity contribution is -0.111. The average molecular weight is 637 g/mol. The number of carbonyl (C=O) groups excluding carboxylic acids is 1. The molecule has 0 aliphatic carbocycles. The molecule has 2 saturated heterocycles. The van der Waals surface area contributed by atoms with E-state index in [1.807, 2.05) is 66.6 Å². The standard InChI is InChI=1S/C35H40N8O4/c1-5-35(44)40-28-19-29(32(45-4)20-31(28)42-15-13-41(3)14-16-42)39-33-21-34(37-23-36-33)43-30(12-17-47-43)25-9-7-11-27(18-25)46-22-26-10-6-8-24(2)38-26/h5-11,18-21,23,30H,1,12-17,22H2,2-4H3,(H,40,44)(H,36,37,39). The molecule has 12 nitrogen and oxygen atoms in total. The minimum atomic E-state index is -0.292. The van der Waals surface area contributed by atoms with Gasteiger partial charge >= 0.3 is 0 Å². The third-order valence-electron chi connectivity index (χ3n) is 8.23. The molecule has 0 radical (unpaired) electrons. The molecule has 2 N–H and O–H groups in total. The van der Waals surface area contributed by atoms with Crippen molar-refractivity contribution < 1.29 is 19.1 Å². The molecule has 2 fully saturated rings. The van der Waals surface area contributed by atoms with Crippen molar-refractivity contribution in [2.24, 2.45) is 0 Å². The summed E-state index contributed by atoms with van der Waals surface area (Å²) in [6.45, 7) is 10.0. The average Bonchev–Trinajstić information content (AvgIpc) is 3.59. The number of rotatable bonds is 11. The molecular formula is C35H40N8O4. The number of benzene rings is 2. The first-order chi connectivity index (χ1) is 22.9. The quantitative estimate of drug-likeness (QED) is 0.210. The van der Waals surface area contributed by atoms with Crippen molar-refractivity contribution in [3.05, 3.63) is 96.6 Å². The Bertz CT molecular complexity index is 1730. The van der Waals surface area contributed by atoms with Crippen LogP contribution in [0.5, 0.6) is 11.5 Å². The van der Waals surface area contributed by atoms with Crippen LogP contribution in [-0.4, -0.2) is 72.7 Å². The number of hydrogen-bond donors (Lipinski definition) is 2. The summed E-state index contributed by atoms with van der Waals surface area (Å²) in [7, 11) is 3.73. The second kappa shape index (κ2) is 14.5. The second-order valence-electron chi connectivity index (χ2n) is 11.5. The Kier molecular flexibility index (Phi) is 9.79. The molecule has 0 bridgehead atoms. The molecule has 4 heterocycles. The third-order valence-corrected chi connectivity index (χ3v) is 8.23. The van der Waals surface area contributed by atoms with Gasteiger partial charge in [-0.15, -0.1) is 0 Å². The summed E-state index contributed by atoms with van der Waals surface area (Å²) in [5, 5.41) is 8.15. The SMILES string of the molecule is C=CC(=O)Nc1cc(Nc2cc(N3OCCC3c3cccc(OCc4cccc(C)n4)c3)ncn2)c(OC)cc1N1CCN(C)CC1. The number of anilines is 5. The molecule has 1 amide bonds. The van der Waals surface area contributed by atoms with E-state index in [-0.39, 0.29) is 11.9 Å². The molecule has 2 aliphatic heterocycles. The fourth-order valence-corrected chi connectivity index (χ4v) is 5.75. The monoisotopic (exact) mass is 636 g/mol. The maximum Gasteiger partial charge on any atom is 0.247 e. The number of pyridine rings is 1. The zero-order valence-electron chi connectivity index (χ0n) is 27.0. The fraction of sp³-hybridized carbons (Fsp3) is 0.314. The highest BCUT2D eigenvalue weighted by atomic mass is 16.7. The Morgan fingerprint density at radius 2 is 1.89 bits per heavy atom. The normalized spacial score (nSPS) is 16.5. The van der Waals surface area contributed by atoms with Crippen LogP contribution in [0.3, 0.4) is 0 Å². The summed E-state index contributed by atoms with van der Waals surface area (Å²) in [5.41, 5.74) is 5.06. The number of hydroxylamine groups is 1. The molecule has 1 atom stereocenters. The molecule has 2 aromatic carbocycles. The van der Waals surface area contributed by atoms with Crippen LogP contribution in [0.2, 0.25) is 0 Å². The fourth-order valence-electron chi connectivity index (χ4n) is 5.75. The number of aromatic nitrogens is 3. The van der Waals surface area contributed by atoms with E-state index in [0.717, 1.165) is 61.0 Å². The van der Waals surface area contributed by atoms with Crippen molar-refractivity contribution in [2.45, 2.75) is 26.0 Å². The maximum atomic E-state index is 12.4. The van der Waals surface area contributed by atoms with Crippen molar-refractivity contribution in [3.8, 4) is 11.5 Å². The van der Waals surface area contributed by atoms with Gasteiger partial charge in [-0.1, -0.05) is 24.8 Å². The van der Waals surface area contributed by atoms with Crippen LogP contribution in [0.25, 0.3) is 0 Å². The molecular weight excluding hydrogens is 596 g/mol. The van der Waals surface area contributed by atoms with Crippen LogP contribution in [0, 0.1) is 6.92 Å². The van der Waals surface area contributed by atoms with Gasteiger partial charge in [-0.05, 0) is 55.9 Å². The van der Waals surface area contributed by atoms with Crippen molar-refractivity contribution in [3.63, 3.8) is 0 Å². The molecule has 1 unspecified atom stereocenters. The Hall–Kier alpha value is -5.20. The number of nitrogens with zero attached hydrogens (tertiary/aromatic N) is 6. The van der Waals surface area contributed by atoms with E-state index in [1.54, 1.807) is 7.11 Å². The smallest absolute Gasteiger partial charge is 0.247 e. The summed E-state index contributed by atoms with van der Waals surface area (Å²) in [6.07, 6.45) is 3.54. The number of nitrogens with one attached hydrogen (secondary N) is 2. The van der Waals surface area contributed by atoms with Crippen molar-refractivity contribution >= 4 is 34.6 Å². The van der Waals surface area contributed by atoms with E-state index in [4.69, 9.17) is 14.3 Å². The van der Waals surface area contributed by atoms with Gasteiger partial charge in [-0.2, -0.15) is 0 Å². The Morgan fingerprint density at radius 1 is 1.06 bits per heavy atom. The second-order valence-corrected chi connectivity index (χ2v) is 11.5. The first-order valence-corrected chi connectivity index (χ1v) is 15.7. The summed E-state index contributed by atoms with van der Waals surface area (Å²) in [4.78, 5) is 36.6. The minimum absolute atomic E-state index is 0.0727. The summed E-state index contributed by atoms with van der Waals surface area (Å²) in [5.74, 6) is 2.23. The van der Waals surface area contributed by atoms with Crippen LogP contribution in [0.1, 0.15) is 29.4 Å². The van der Waals surface area contributed by atoms with E-state index in [9.17, 15) is 4.79 Å². The molecule has 4 aromatic rings. The third kappa shape index (κ3) is 7.62. The lowest BCUT2D eigenvalue weighted by Crippen LogP contribution is -2.44. The topological polar surface area (TPSA) is 117 Å². The number of amides is 1. The first-order valence-electron chi connectivity index (χ1n) is 15.7. The van der Waals surface area contributed by atoms with Crippen LogP contribution in [0.15, 0.2) is 79.6 Å². The predicted octanol–water partition coefficient (Wildman–Crippen LogP) is 5.27. The van der Waals surface area contributed by atoms with Crippen molar-refractivity contribution in [1.29, 1.82) is 0 Å². The molecule has 0 saturated carbocycles. The van der Waals surface area contributed by atoms with Crippen LogP contribution in [-0.2, 0) is 16.2 Å². The molecule has 244 valence electrons. The van der Waals surface area contributed by atoms with Gasteiger partial charge in [-0.3, -0.25) is 14.6 Å². The number of methoxy groups -OCH3 is 1. The number of hydrogen-bond acceptors (Lipinski definition) is 11. The van der Waals surface area contributed by atoms with E-state index in [2.05, 4.69) is 55.1 Å². The summed E-state index contributed by atoms with van der Waals surface area (Å²) < 4.78 is 11.9. The predicted molar refractivity (Wildman–Crippen MR) is 182 cm³/mol. The van der Waals surface area contributed by atoms with Gasteiger partial charge in [0.25, 0.3) is 0 Å². The van der Waals surface area contributed by atoms with Crippen LogP contribution >= 0.6 is 0 Å². The zero-order chi connectivity index (χ0) is 32.8. The molecule has 6 rings (SSSR count). The highest BCUT2D eigenvalue weighted by Crippen LogP contribution is 2.40. The van der Waals surface area contributed by atoms with Gasteiger partial charge in [0.05, 0.1) is 42.5 Å². The van der Waals surface area contributed by atoms with Crippen molar-refractivity contribution in [1.82, 2.24) is 19.9 Å². The number of piperazine rings is 1. The van der Waals surface area contributed by atoms with Gasteiger partial charge < -0.3 is 29.9 Å². The Labute approximate surface area is 275 Å². The van der Waals surface area contributed by atoms with Gasteiger partial charge in [0.15, 0.2) is 5.82 Å². The van der Waals surface area contributed by atoms with Crippen LogP contribution in [0.4, 0.5) is 28.7 Å². The highest BCUT2D eigenvalue weighted by molar-refractivity contribution is 6.02. The first kappa shape index (κ1) is 31.8. The lowest BCUT2D eigenvalue weighted by atomic mass is 10.0. The minimum Gasteiger partial charge on any atom is -0.494 e. The molecule has 2 aliphatic rings. The number of carbonyl (C=O) groups is 1. The number of ether oxygens (including phenoxy) is 2. The highest BCUT2D eigenvalue weighted by Gasteiger charge is 2.30. The van der Waals surface area contributed by atoms with E-state index < -0.39 is 0 Å². The lowest BCUT2D eigenvalue weighted by Gasteiger charge is -2.35. The Morgan fingerprint density at radius 3 is 2.68 bits per heavy atom. The summed E-state index contributed by atoms with van der Waals surface area (Å²) in [6, 6.07) is 19.5. The largest absolute Gasteiger partial charge is 0.494 e. The maximum absolute atomic E-state index is 12.4. The number of likely N-dealkylation sites (N-methyl/N-ethyl adjacent to an activating group) is 1. The molecule has 12 heteroatoms. The van der Waals surface area contributed by atoms with E-state index >= 15 is 0 Å². The molecule has 2 aromatic heterocycles. The van der Waals surface area contributed by atoms with Crippen LogP contribution < -0.4 is 30.1 Å². The van der Waals surface area contributed by atoms with Gasteiger partial charge in [0.1, 0.15) is 30.3 Å². The Balaban J connectivity index is 1.22. The number of aryl methyl sites for hydroxylation is 1. The van der Waals surface area contributed by atoms with Gasteiger partial charge in [-0.25, -0.2) is 15.0 Å². The van der Waals surface area contributed by atoms with Gasteiger partial charge in [0.2, 0.25) is 5.91 Å².